The van der Waals surface area contributed by atoms with Crippen LogP contribution in [-0.2, 0) is 4.79 Å². The minimum atomic E-state index is -0.556. The molecule has 20 heavy (non-hydrogen) atoms. The van der Waals surface area contributed by atoms with Crippen molar-refractivity contribution in [3.8, 4) is 5.75 Å². The van der Waals surface area contributed by atoms with Crippen LogP contribution in [0, 0.1) is 0 Å². The van der Waals surface area contributed by atoms with Crippen LogP contribution in [0.4, 0.5) is 0 Å². The van der Waals surface area contributed by atoms with Gasteiger partial charge in [-0.25, -0.2) is 0 Å². The number of carbonyl (C=O) groups is 1. The average Bonchev–Trinajstić information content (AvgIpc) is 2.36. The number of amides is 1. The van der Waals surface area contributed by atoms with Crippen molar-refractivity contribution in [3.05, 3.63) is 29.8 Å². The van der Waals surface area contributed by atoms with E-state index in [2.05, 4.69) is 5.32 Å². The molecule has 0 radical (unpaired) electrons. The highest BCUT2D eigenvalue weighted by atomic mass is 16.5. The molecule has 3 N–H and O–H groups in total. The lowest BCUT2D eigenvalue weighted by Crippen LogP contribution is -2.46. The SMILES string of the molecule is CC[C@@H](N)c1ccccc1OC(C)C(=O)NC(C)(C)C. The van der Waals surface area contributed by atoms with Crippen LogP contribution in [0.15, 0.2) is 24.3 Å². The molecule has 0 saturated carbocycles. The number of benzene rings is 1. The lowest BCUT2D eigenvalue weighted by Gasteiger charge is -2.24. The van der Waals surface area contributed by atoms with Crippen LogP contribution >= 0.6 is 0 Å². The molecule has 2 atom stereocenters. The molecule has 0 aromatic heterocycles. The fourth-order valence-electron chi connectivity index (χ4n) is 1.83. The van der Waals surface area contributed by atoms with E-state index in [0.29, 0.717) is 5.75 Å². The van der Waals surface area contributed by atoms with Gasteiger partial charge in [-0.1, -0.05) is 25.1 Å². The molecule has 0 fully saturated rings. The number of hydrogen-bond acceptors (Lipinski definition) is 3. The molecule has 0 aliphatic carbocycles. The molecule has 0 aliphatic rings. The highest BCUT2D eigenvalue weighted by Crippen LogP contribution is 2.26. The van der Waals surface area contributed by atoms with Crippen LogP contribution < -0.4 is 15.8 Å². The fourth-order valence-corrected chi connectivity index (χ4v) is 1.83. The first-order valence-corrected chi connectivity index (χ1v) is 7.07. The first-order chi connectivity index (χ1) is 9.24. The predicted molar refractivity (Wildman–Crippen MR) is 81.6 cm³/mol. The molecule has 4 nitrogen and oxygen atoms in total. The standard InChI is InChI=1S/C16H26N2O2/c1-6-13(17)12-9-7-8-10-14(12)20-11(2)15(19)18-16(3,4)5/h7-11,13H,6,17H2,1-5H3,(H,18,19)/t11?,13-/m1/s1. The summed E-state index contributed by atoms with van der Waals surface area (Å²) in [4.78, 5) is 12.0. The van der Waals surface area contributed by atoms with Gasteiger partial charge >= 0.3 is 0 Å². The van der Waals surface area contributed by atoms with Crippen molar-refractivity contribution in [2.24, 2.45) is 5.73 Å². The topological polar surface area (TPSA) is 64.3 Å². The molecule has 1 aromatic carbocycles. The van der Waals surface area contributed by atoms with Gasteiger partial charge in [0.05, 0.1) is 0 Å². The van der Waals surface area contributed by atoms with E-state index in [1.807, 2.05) is 52.0 Å². The Morgan fingerprint density at radius 1 is 1.35 bits per heavy atom. The molecule has 1 unspecified atom stereocenters. The Labute approximate surface area is 121 Å². The van der Waals surface area contributed by atoms with Crippen molar-refractivity contribution >= 4 is 5.91 Å². The molecule has 1 aromatic rings. The molecular weight excluding hydrogens is 252 g/mol. The second-order valence-corrected chi connectivity index (χ2v) is 6.05. The third-order valence-corrected chi connectivity index (χ3v) is 2.93. The van der Waals surface area contributed by atoms with Gasteiger partial charge in [0.1, 0.15) is 5.75 Å². The van der Waals surface area contributed by atoms with E-state index >= 15 is 0 Å². The zero-order valence-corrected chi connectivity index (χ0v) is 13.1. The number of carbonyl (C=O) groups excluding carboxylic acids is 1. The number of nitrogens with one attached hydrogen (secondary N) is 1. The third-order valence-electron chi connectivity index (χ3n) is 2.93. The molecule has 1 rings (SSSR count). The van der Waals surface area contributed by atoms with Crippen LogP contribution in [-0.4, -0.2) is 17.6 Å². The summed E-state index contributed by atoms with van der Waals surface area (Å²) >= 11 is 0. The quantitative estimate of drug-likeness (QED) is 0.870. The summed E-state index contributed by atoms with van der Waals surface area (Å²) in [5, 5.41) is 2.91. The Balaban J connectivity index is 2.80. The van der Waals surface area contributed by atoms with Gasteiger partial charge in [0.25, 0.3) is 5.91 Å². The molecule has 1 amide bonds. The lowest BCUT2D eigenvalue weighted by atomic mass is 10.0. The van der Waals surface area contributed by atoms with E-state index in [9.17, 15) is 4.79 Å². The second kappa shape index (κ2) is 6.75. The summed E-state index contributed by atoms with van der Waals surface area (Å²) in [6.45, 7) is 9.60. The predicted octanol–water partition coefficient (Wildman–Crippen LogP) is 2.78. The van der Waals surface area contributed by atoms with Gasteiger partial charge in [0, 0.05) is 17.1 Å². The number of para-hydroxylation sites is 1. The summed E-state index contributed by atoms with van der Waals surface area (Å²) < 4.78 is 5.78. The fraction of sp³-hybridized carbons (Fsp3) is 0.562. The van der Waals surface area contributed by atoms with Crippen LogP contribution in [0.2, 0.25) is 0 Å². The third kappa shape index (κ3) is 4.85. The Hall–Kier alpha value is -1.55. The summed E-state index contributed by atoms with van der Waals surface area (Å²) in [5.41, 5.74) is 6.73. The molecular formula is C16H26N2O2. The highest BCUT2D eigenvalue weighted by Gasteiger charge is 2.21. The van der Waals surface area contributed by atoms with Gasteiger partial charge in [-0.2, -0.15) is 0 Å². The van der Waals surface area contributed by atoms with Gasteiger partial charge in [0.15, 0.2) is 6.10 Å². The summed E-state index contributed by atoms with van der Waals surface area (Å²) in [7, 11) is 0. The van der Waals surface area contributed by atoms with Gasteiger partial charge in [0.2, 0.25) is 0 Å². The van der Waals surface area contributed by atoms with E-state index in [1.165, 1.54) is 0 Å². The highest BCUT2D eigenvalue weighted by molar-refractivity contribution is 5.81. The Bertz CT molecular complexity index is 452. The van der Waals surface area contributed by atoms with Gasteiger partial charge < -0.3 is 15.8 Å². The maximum atomic E-state index is 12.0. The van der Waals surface area contributed by atoms with E-state index in [0.717, 1.165) is 12.0 Å². The molecule has 0 heterocycles. The van der Waals surface area contributed by atoms with E-state index in [1.54, 1.807) is 6.92 Å². The van der Waals surface area contributed by atoms with Gasteiger partial charge in [-0.3, -0.25) is 4.79 Å². The molecule has 0 saturated heterocycles. The van der Waals surface area contributed by atoms with Crippen LogP contribution in [0.25, 0.3) is 0 Å². The normalized spacial score (nSPS) is 14.5. The van der Waals surface area contributed by atoms with Gasteiger partial charge in [-0.05, 0) is 40.2 Å². The first-order valence-electron chi connectivity index (χ1n) is 7.07. The van der Waals surface area contributed by atoms with E-state index in [4.69, 9.17) is 10.5 Å². The van der Waals surface area contributed by atoms with Crippen molar-refractivity contribution in [1.29, 1.82) is 0 Å². The number of rotatable bonds is 5. The smallest absolute Gasteiger partial charge is 0.261 e. The lowest BCUT2D eigenvalue weighted by molar-refractivity contribution is -0.128. The monoisotopic (exact) mass is 278 g/mol. The maximum absolute atomic E-state index is 12.0. The molecule has 4 heteroatoms. The number of ether oxygens (including phenoxy) is 1. The largest absolute Gasteiger partial charge is 0.481 e. The van der Waals surface area contributed by atoms with Crippen molar-refractivity contribution in [3.63, 3.8) is 0 Å². The minimum Gasteiger partial charge on any atom is -0.481 e. The van der Waals surface area contributed by atoms with Crippen molar-refractivity contribution in [2.45, 2.75) is 58.7 Å². The Morgan fingerprint density at radius 2 is 1.95 bits per heavy atom. The molecule has 0 spiro atoms. The number of hydrogen-bond donors (Lipinski definition) is 2. The minimum absolute atomic E-state index is 0.0796. The summed E-state index contributed by atoms with van der Waals surface area (Å²) in [6, 6.07) is 7.53. The number of nitrogens with two attached hydrogens (primary N) is 1. The van der Waals surface area contributed by atoms with Gasteiger partial charge in [-0.15, -0.1) is 0 Å². The van der Waals surface area contributed by atoms with Crippen LogP contribution in [0.3, 0.4) is 0 Å². The Kier molecular flexibility index (Phi) is 5.57. The van der Waals surface area contributed by atoms with Crippen LogP contribution in [0.5, 0.6) is 5.75 Å². The maximum Gasteiger partial charge on any atom is 0.261 e. The zero-order valence-electron chi connectivity index (χ0n) is 13.1. The first kappa shape index (κ1) is 16.5. The van der Waals surface area contributed by atoms with Crippen molar-refractivity contribution < 1.29 is 9.53 Å². The van der Waals surface area contributed by atoms with E-state index in [-0.39, 0.29) is 17.5 Å². The van der Waals surface area contributed by atoms with Crippen molar-refractivity contribution in [2.75, 3.05) is 0 Å². The molecule has 112 valence electrons. The van der Waals surface area contributed by atoms with Crippen LogP contribution in [0.1, 0.15) is 52.6 Å². The summed E-state index contributed by atoms with van der Waals surface area (Å²) in [5.74, 6) is 0.552. The molecule has 0 aliphatic heterocycles. The van der Waals surface area contributed by atoms with E-state index < -0.39 is 6.10 Å². The Morgan fingerprint density at radius 3 is 2.50 bits per heavy atom. The average molecular weight is 278 g/mol. The van der Waals surface area contributed by atoms with Crippen molar-refractivity contribution in [1.82, 2.24) is 5.32 Å². The zero-order chi connectivity index (χ0) is 15.3. The molecule has 0 bridgehead atoms. The summed E-state index contributed by atoms with van der Waals surface area (Å²) in [6.07, 6.45) is 0.266. The second-order valence-electron chi connectivity index (χ2n) is 6.05.